The van der Waals surface area contributed by atoms with E-state index in [1.165, 1.54) is 11.3 Å². The van der Waals surface area contributed by atoms with Gasteiger partial charge in [0.1, 0.15) is 0 Å². The number of hydrogen-bond donors (Lipinski definition) is 1. The van der Waals surface area contributed by atoms with Crippen LogP contribution in [-0.4, -0.2) is 17.5 Å². The zero-order valence-corrected chi connectivity index (χ0v) is 15.3. The molecule has 118 valence electrons. The van der Waals surface area contributed by atoms with E-state index in [1.54, 1.807) is 23.7 Å². The van der Waals surface area contributed by atoms with Gasteiger partial charge in [0.25, 0.3) is 5.91 Å². The second-order valence-electron chi connectivity index (χ2n) is 4.69. The number of hydrogen-bond acceptors (Lipinski definition) is 4. The van der Waals surface area contributed by atoms with E-state index in [4.69, 9.17) is 16.3 Å². The van der Waals surface area contributed by atoms with Crippen molar-refractivity contribution < 1.29 is 9.53 Å². The molecule has 0 atom stereocenters. The largest absolute Gasteiger partial charge is 0.491 e. The van der Waals surface area contributed by atoms with Crippen LogP contribution in [0.1, 0.15) is 17.3 Å². The van der Waals surface area contributed by atoms with Gasteiger partial charge in [-0.15, -0.1) is 11.3 Å². The zero-order chi connectivity index (χ0) is 16.4. The Kier molecular flexibility index (Phi) is 4.84. The molecule has 0 bridgehead atoms. The maximum absolute atomic E-state index is 12.5. The first kappa shape index (κ1) is 16.2. The van der Waals surface area contributed by atoms with Crippen molar-refractivity contribution in [3.05, 3.63) is 50.9 Å². The van der Waals surface area contributed by atoms with Gasteiger partial charge in [-0.05, 0) is 53.2 Å². The van der Waals surface area contributed by atoms with Crippen LogP contribution >= 0.6 is 38.9 Å². The molecule has 1 heterocycles. The predicted octanol–water partition coefficient (Wildman–Crippen LogP) is 5.36. The minimum absolute atomic E-state index is 0.226. The third kappa shape index (κ3) is 3.49. The number of nitrogens with one attached hydrogen (secondary N) is 1. The van der Waals surface area contributed by atoms with Crippen molar-refractivity contribution in [3.63, 3.8) is 0 Å². The van der Waals surface area contributed by atoms with Crippen LogP contribution in [-0.2, 0) is 0 Å². The monoisotopic (exact) mass is 410 g/mol. The molecule has 0 fully saturated rings. The third-order valence-electron chi connectivity index (χ3n) is 3.14. The van der Waals surface area contributed by atoms with Gasteiger partial charge >= 0.3 is 0 Å². The number of anilines is 1. The van der Waals surface area contributed by atoms with Crippen LogP contribution in [0.25, 0.3) is 10.2 Å². The van der Waals surface area contributed by atoms with Crippen LogP contribution in [0, 0.1) is 0 Å². The Labute approximate surface area is 150 Å². The second kappa shape index (κ2) is 6.86. The fraction of sp³-hybridized carbons (Fsp3) is 0.125. The normalized spacial score (nSPS) is 10.7. The maximum atomic E-state index is 12.5. The first-order valence-electron chi connectivity index (χ1n) is 6.85. The highest BCUT2D eigenvalue weighted by molar-refractivity contribution is 9.10. The van der Waals surface area contributed by atoms with E-state index in [0.29, 0.717) is 33.1 Å². The fourth-order valence-corrected chi connectivity index (χ4v) is 3.78. The van der Waals surface area contributed by atoms with E-state index >= 15 is 0 Å². The Morgan fingerprint density at radius 2 is 2.22 bits per heavy atom. The van der Waals surface area contributed by atoms with Gasteiger partial charge in [0.2, 0.25) is 0 Å². The lowest BCUT2D eigenvalue weighted by molar-refractivity contribution is 0.102. The standard InChI is InChI=1S/C16H12BrClN2O2S/c1-2-22-15-11(17)6-10(18)7-13(15)20-16(21)9-3-4-12-14(5-9)23-8-19-12/h3-8H,2H2,1H3,(H,20,21). The van der Waals surface area contributed by atoms with E-state index in [0.717, 1.165) is 10.2 Å². The second-order valence-corrected chi connectivity index (χ2v) is 6.86. The molecule has 0 aliphatic carbocycles. The van der Waals surface area contributed by atoms with E-state index in [2.05, 4.69) is 26.2 Å². The van der Waals surface area contributed by atoms with Crippen molar-refractivity contribution >= 4 is 60.7 Å². The number of amides is 1. The number of rotatable bonds is 4. The first-order chi connectivity index (χ1) is 11.1. The van der Waals surface area contributed by atoms with E-state index in [9.17, 15) is 4.79 Å². The molecule has 0 aliphatic rings. The lowest BCUT2D eigenvalue weighted by atomic mass is 10.2. The highest BCUT2D eigenvalue weighted by atomic mass is 79.9. The summed E-state index contributed by atoms with van der Waals surface area (Å²) in [4.78, 5) is 16.7. The quantitative estimate of drug-likeness (QED) is 0.628. The van der Waals surface area contributed by atoms with Crippen molar-refractivity contribution in [3.8, 4) is 5.75 Å². The van der Waals surface area contributed by atoms with E-state index in [-0.39, 0.29) is 5.91 Å². The molecule has 0 spiro atoms. The molecule has 0 radical (unpaired) electrons. The number of nitrogens with zero attached hydrogens (tertiary/aromatic N) is 1. The van der Waals surface area contributed by atoms with Crippen LogP contribution in [0.4, 0.5) is 5.69 Å². The summed E-state index contributed by atoms with van der Waals surface area (Å²) in [5.41, 5.74) is 3.72. The van der Waals surface area contributed by atoms with Gasteiger partial charge in [0.05, 0.1) is 32.5 Å². The van der Waals surface area contributed by atoms with Gasteiger partial charge in [-0.25, -0.2) is 4.98 Å². The van der Waals surface area contributed by atoms with Crippen molar-refractivity contribution in [1.82, 2.24) is 4.98 Å². The number of ether oxygens (including phenoxy) is 1. The summed E-state index contributed by atoms with van der Waals surface area (Å²) in [5, 5.41) is 3.36. The van der Waals surface area contributed by atoms with Gasteiger partial charge in [-0.1, -0.05) is 11.6 Å². The highest BCUT2D eigenvalue weighted by Gasteiger charge is 2.14. The van der Waals surface area contributed by atoms with Crippen molar-refractivity contribution in [2.45, 2.75) is 6.92 Å². The van der Waals surface area contributed by atoms with E-state index in [1.807, 2.05) is 19.1 Å². The average molecular weight is 412 g/mol. The SMILES string of the molecule is CCOc1c(Br)cc(Cl)cc1NC(=O)c1ccc2ncsc2c1. The van der Waals surface area contributed by atoms with Crippen LogP contribution in [0.5, 0.6) is 5.75 Å². The molecule has 4 nitrogen and oxygen atoms in total. The van der Waals surface area contributed by atoms with Crippen molar-refractivity contribution in [1.29, 1.82) is 0 Å². The minimum atomic E-state index is -0.226. The summed E-state index contributed by atoms with van der Waals surface area (Å²) in [6.45, 7) is 2.36. The number of carbonyl (C=O) groups excluding carboxylic acids is 1. The van der Waals surface area contributed by atoms with Gasteiger partial charge in [-0.3, -0.25) is 4.79 Å². The van der Waals surface area contributed by atoms with Gasteiger partial charge in [-0.2, -0.15) is 0 Å². The number of fused-ring (bicyclic) bond motifs is 1. The Balaban J connectivity index is 1.92. The molecule has 0 saturated heterocycles. The Morgan fingerprint density at radius 3 is 3.00 bits per heavy atom. The van der Waals surface area contributed by atoms with Crippen molar-refractivity contribution in [2.24, 2.45) is 0 Å². The number of thiazole rings is 1. The highest BCUT2D eigenvalue weighted by Crippen LogP contribution is 2.37. The smallest absolute Gasteiger partial charge is 0.255 e. The Hall–Kier alpha value is -1.63. The lowest BCUT2D eigenvalue weighted by Gasteiger charge is -2.14. The molecule has 1 amide bonds. The molecule has 0 unspecified atom stereocenters. The van der Waals surface area contributed by atoms with Gasteiger partial charge in [0, 0.05) is 10.6 Å². The van der Waals surface area contributed by atoms with Gasteiger partial charge in [0.15, 0.2) is 5.75 Å². The number of benzene rings is 2. The summed E-state index contributed by atoms with van der Waals surface area (Å²) in [6, 6.07) is 8.80. The van der Waals surface area contributed by atoms with Crippen LogP contribution < -0.4 is 10.1 Å². The van der Waals surface area contributed by atoms with Crippen molar-refractivity contribution in [2.75, 3.05) is 11.9 Å². The molecule has 0 aliphatic heterocycles. The van der Waals surface area contributed by atoms with Crippen LogP contribution in [0.15, 0.2) is 40.3 Å². The first-order valence-corrected chi connectivity index (χ1v) is 8.90. The molecule has 1 aromatic heterocycles. The molecule has 1 N–H and O–H groups in total. The number of carbonyl (C=O) groups is 1. The lowest BCUT2D eigenvalue weighted by Crippen LogP contribution is -2.13. The number of halogens is 2. The molecule has 3 aromatic rings. The predicted molar refractivity (Wildman–Crippen MR) is 97.9 cm³/mol. The Bertz CT molecular complexity index is 882. The molecular formula is C16H12BrClN2O2S. The molecular weight excluding hydrogens is 400 g/mol. The molecule has 23 heavy (non-hydrogen) atoms. The molecule has 2 aromatic carbocycles. The topological polar surface area (TPSA) is 51.2 Å². The summed E-state index contributed by atoms with van der Waals surface area (Å²) in [5.74, 6) is 0.333. The zero-order valence-electron chi connectivity index (χ0n) is 12.1. The molecule has 7 heteroatoms. The summed E-state index contributed by atoms with van der Waals surface area (Å²) in [6.07, 6.45) is 0. The Morgan fingerprint density at radius 1 is 1.39 bits per heavy atom. The maximum Gasteiger partial charge on any atom is 0.255 e. The summed E-state index contributed by atoms with van der Waals surface area (Å²) in [7, 11) is 0. The summed E-state index contributed by atoms with van der Waals surface area (Å²) < 4.78 is 7.25. The van der Waals surface area contributed by atoms with Crippen LogP contribution in [0.3, 0.4) is 0 Å². The average Bonchev–Trinajstić information content (AvgIpc) is 2.98. The number of aromatic nitrogens is 1. The fourth-order valence-electron chi connectivity index (χ4n) is 2.14. The molecule has 3 rings (SSSR count). The third-order valence-corrected chi connectivity index (χ3v) is 4.74. The van der Waals surface area contributed by atoms with Gasteiger partial charge < -0.3 is 10.1 Å². The summed E-state index contributed by atoms with van der Waals surface area (Å²) >= 11 is 11.0. The van der Waals surface area contributed by atoms with Crippen LogP contribution in [0.2, 0.25) is 5.02 Å². The van der Waals surface area contributed by atoms with E-state index < -0.39 is 0 Å². The minimum Gasteiger partial charge on any atom is -0.491 e. The molecule has 0 saturated carbocycles.